The second-order valence-electron chi connectivity index (χ2n) is 3.36. The summed E-state index contributed by atoms with van der Waals surface area (Å²) in [6.07, 6.45) is 0.694. The molecule has 0 aliphatic rings. The molecule has 0 N–H and O–H groups in total. The van der Waals surface area contributed by atoms with Gasteiger partial charge in [0.1, 0.15) is 17.3 Å². The van der Waals surface area contributed by atoms with Crippen molar-refractivity contribution >= 4 is 22.2 Å². The van der Waals surface area contributed by atoms with Crippen LogP contribution in [-0.4, -0.2) is 6.29 Å². The molecule has 17 heavy (non-hydrogen) atoms. The zero-order valence-electron chi connectivity index (χ0n) is 8.69. The standard InChI is InChI=1S/C13H8BrFO2/c14-10-4-5-13(9(6-10)8-16)17-12-3-1-2-11(15)7-12/h1-8H. The van der Waals surface area contributed by atoms with E-state index < -0.39 is 0 Å². The van der Waals surface area contributed by atoms with Crippen molar-refractivity contribution in [3.63, 3.8) is 0 Å². The lowest BCUT2D eigenvalue weighted by Crippen LogP contribution is -1.90. The molecule has 2 nitrogen and oxygen atoms in total. The molecule has 2 rings (SSSR count). The first-order valence-corrected chi connectivity index (χ1v) is 5.66. The summed E-state index contributed by atoms with van der Waals surface area (Å²) >= 11 is 3.26. The SMILES string of the molecule is O=Cc1cc(Br)ccc1Oc1cccc(F)c1. The molecule has 0 unspecified atom stereocenters. The van der Waals surface area contributed by atoms with Gasteiger partial charge in [0.2, 0.25) is 0 Å². The van der Waals surface area contributed by atoms with Crippen LogP contribution in [0, 0.1) is 5.82 Å². The molecule has 2 aromatic carbocycles. The smallest absolute Gasteiger partial charge is 0.153 e. The normalized spacial score (nSPS) is 10.0. The van der Waals surface area contributed by atoms with E-state index in [2.05, 4.69) is 15.9 Å². The van der Waals surface area contributed by atoms with Gasteiger partial charge in [0, 0.05) is 10.5 Å². The molecule has 86 valence electrons. The molecule has 0 aliphatic heterocycles. The minimum atomic E-state index is -0.382. The van der Waals surface area contributed by atoms with Gasteiger partial charge in [-0.1, -0.05) is 22.0 Å². The highest BCUT2D eigenvalue weighted by molar-refractivity contribution is 9.10. The third kappa shape index (κ3) is 2.91. The molecule has 0 saturated heterocycles. The molecular weight excluding hydrogens is 287 g/mol. The highest BCUT2D eigenvalue weighted by atomic mass is 79.9. The topological polar surface area (TPSA) is 26.3 Å². The van der Waals surface area contributed by atoms with Crippen LogP contribution in [0.3, 0.4) is 0 Å². The van der Waals surface area contributed by atoms with E-state index in [4.69, 9.17) is 4.74 Å². The Bertz CT molecular complexity index is 555. The molecule has 2 aromatic rings. The van der Waals surface area contributed by atoms with Gasteiger partial charge in [-0.3, -0.25) is 4.79 Å². The lowest BCUT2D eigenvalue weighted by atomic mass is 10.2. The molecule has 0 amide bonds. The van der Waals surface area contributed by atoms with Crippen molar-refractivity contribution in [1.82, 2.24) is 0 Å². The summed E-state index contributed by atoms with van der Waals surface area (Å²) in [4.78, 5) is 10.9. The van der Waals surface area contributed by atoms with Crippen molar-refractivity contribution in [1.29, 1.82) is 0 Å². The fourth-order valence-corrected chi connectivity index (χ4v) is 1.74. The van der Waals surface area contributed by atoms with E-state index in [0.29, 0.717) is 23.3 Å². The van der Waals surface area contributed by atoms with Crippen molar-refractivity contribution in [2.24, 2.45) is 0 Å². The number of halogens is 2. The van der Waals surface area contributed by atoms with Crippen molar-refractivity contribution in [3.8, 4) is 11.5 Å². The lowest BCUT2D eigenvalue weighted by molar-refractivity contribution is 0.112. The van der Waals surface area contributed by atoms with Crippen molar-refractivity contribution < 1.29 is 13.9 Å². The summed E-state index contributed by atoms with van der Waals surface area (Å²) in [7, 11) is 0. The molecule has 0 aliphatic carbocycles. The predicted molar refractivity (Wildman–Crippen MR) is 66.0 cm³/mol. The first kappa shape index (κ1) is 11.8. The molecule has 4 heteroatoms. The molecule has 0 saturated carbocycles. The van der Waals surface area contributed by atoms with Gasteiger partial charge in [-0.05, 0) is 30.3 Å². The Morgan fingerprint density at radius 3 is 2.71 bits per heavy atom. The quantitative estimate of drug-likeness (QED) is 0.793. The van der Waals surface area contributed by atoms with Crippen LogP contribution in [0.2, 0.25) is 0 Å². The van der Waals surface area contributed by atoms with Crippen LogP contribution in [0.1, 0.15) is 10.4 Å². The van der Waals surface area contributed by atoms with Crippen LogP contribution in [-0.2, 0) is 0 Å². The molecule has 0 spiro atoms. The summed E-state index contributed by atoms with van der Waals surface area (Å²) in [6, 6.07) is 10.8. The van der Waals surface area contributed by atoms with Crippen molar-refractivity contribution in [2.45, 2.75) is 0 Å². The number of hydrogen-bond donors (Lipinski definition) is 0. The Labute approximate surface area is 106 Å². The second kappa shape index (κ2) is 5.10. The highest BCUT2D eigenvalue weighted by Crippen LogP contribution is 2.27. The summed E-state index contributed by atoms with van der Waals surface area (Å²) in [5.74, 6) is 0.372. The zero-order chi connectivity index (χ0) is 12.3. The van der Waals surface area contributed by atoms with Gasteiger partial charge >= 0.3 is 0 Å². The molecular formula is C13H8BrFO2. The number of aldehydes is 1. The Morgan fingerprint density at radius 2 is 2.00 bits per heavy atom. The van der Waals surface area contributed by atoms with E-state index in [1.807, 2.05) is 0 Å². The number of hydrogen-bond acceptors (Lipinski definition) is 2. The Morgan fingerprint density at radius 1 is 1.18 bits per heavy atom. The van der Waals surface area contributed by atoms with E-state index in [9.17, 15) is 9.18 Å². The van der Waals surface area contributed by atoms with Crippen LogP contribution < -0.4 is 4.74 Å². The number of rotatable bonds is 3. The maximum absolute atomic E-state index is 13.0. The van der Waals surface area contributed by atoms with E-state index in [-0.39, 0.29) is 5.82 Å². The Kier molecular flexibility index (Phi) is 3.54. The predicted octanol–water partition coefficient (Wildman–Crippen LogP) is 4.19. The number of carbonyl (C=O) groups excluding carboxylic acids is 1. The van der Waals surface area contributed by atoms with Crippen LogP contribution in [0.25, 0.3) is 0 Å². The highest BCUT2D eigenvalue weighted by Gasteiger charge is 2.05. The molecule has 0 heterocycles. The molecule has 0 bridgehead atoms. The Hall–Kier alpha value is -1.68. The Balaban J connectivity index is 2.32. The largest absolute Gasteiger partial charge is 0.457 e. The van der Waals surface area contributed by atoms with E-state index >= 15 is 0 Å². The van der Waals surface area contributed by atoms with Gasteiger partial charge in [0.05, 0.1) is 5.56 Å². The number of ether oxygens (including phenoxy) is 1. The van der Waals surface area contributed by atoms with Gasteiger partial charge in [-0.2, -0.15) is 0 Å². The van der Waals surface area contributed by atoms with Gasteiger partial charge in [-0.25, -0.2) is 4.39 Å². The van der Waals surface area contributed by atoms with E-state index in [0.717, 1.165) is 4.47 Å². The fourth-order valence-electron chi connectivity index (χ4n) is 1.36. The maximum atomic E-state index is 13.0. The number of benzene rings is 2. The molecule has 0 fully saturated rings. The minimum absolute atomic E-state index is 0.357. The zero-order valence-corrected chi connectivity index (χ0v) is 10.3. The van der Waals surface area contributed by atoms with Crippen LogP contribution in [0.15, 0.2) is 46.9 Å². The molecule has 0 aromatic heterocycles. The van der Waals surface area contributed by atoms with Gasteiger partial charge < -0.3 is 4.74 Å². The minimum Gasteiger partial charge on any atom is -0.457 e. The van der Waals surface area contributed by atoms with E-state index in [1.54, 1.807) is 30.3 Å². The third-order valence-electron chi connectivity index (χ3n) is 2.12. The van der Waals surface area contributed by atoms with Gasteiger partial charge in [0.25, 0.3) is 0 Å². The first-order chi connectivity index (χ1) is 8.19. The second-order valence-corrected chi connectivity index (χ2v) is 4.28. The van der Waals surface area contributed by atoms with Gasteiger partial charge in [-0.15, -0.1) is 0 Å². The van der Waals surface area contributed by atoms with Gasteiger partial charge in [0.15, 0.2) is 6.29 Å². The van der Waals surface area contributed by atoms with Crippen LogP contribution in [0.5, 0.6) is 11.5 Å². The average molecular weight is 295 g/mol. The first-order valence-electron chi connectivity index (χ1n) is 4.87. The van der Waals surface area contributed by atoms with Crippen LogP contribution in [0.4, 0.5) is 4.39 Å². The lowest BCUT2D eigenvalue weighted by Gasteiger charge is -2.08. The fraction of sp³-hybridized carbons (Fsp3) is 0. The molecule has 0 radical (unpaired) electrons. The summed E-state index contributed by atoms with van der Waals surface area (Å²) in [6.45, 7) is 0. The summed E-state index contributed by atoms with van der Waals surface area (Å²) < 4.78 is 19.2. The van der Waals surface area contributed by atoms with Crippen molar-refractivity contribution in [3.05, 3.63) is 58.3 Å². The third-order valence-corrected chi connectivity index (χ3v) is 2.62. The summed E-state index contributed by atoms with van der Waals surface area (Å²) in [5.41, 5.74) is 0.406. The monoisotopic (exact) mass is 294 g/mol. The van der Waals surface area contributed by atoms with E-state index in [1.165, 1.54) is 12.1 Å². The number of carbonyl (C=O) groups is 1. The maximum Gasteiger partial charge on any atom is 0.153 e. The summed E-state index contributed by atoms with van der Waals surface area (Å²) in [5, 5.41) is 0. The molecule has 0 atom stereocenters. The van der Waals surface area contributed by atoms with Crippen molar-refractivity contribution in [2.75, 3.05) is 0 Å². The average Bonchev–Trinajstić information content (AvgIpc) is 2.31. The van der Waals surface area contributed by atoms with Crippen LogP contribution >= 0.6 is 15.9 Å².